The van der Waals surface area contributed by atoms with Crippen molar-refractivity contribution in [3.05, 3.63) is 47.5 Å². The molecule has 1 N–H and O–H groups in total. The van der Waals surface area contributed by atoms with E-state index in [-0.39, 0.29) is 19.1 Å². The van der Waals surface area contributed by atoms with Crippen LogP contribution in [0.3, 0.4) is 0 Å². The van der Waals surface area contributed by atoms with E-state index in [0.717, 1.165) is 5.57 Å². The van der Waals surface area contributed by atoms with Gasteiger partial charge in [0.1, 0.15) is 6.10 Å². The minimum absolute atomic E-state index is 0.0164. The van der Waals surface area contributed by atoms with Crippen molar-refractivity contribution < 1.29 is 24.1 Å². The molecule has 0 aliphatic carbocycles. The van der Waals surface area contributed by atoms with Gasteiger partial charge in [0.05, 0.1) is 18.8 Å². The topological polar surface area (TPSA) is 65.0 Å². The lowest BCUT2D eigenvalue weighted by Crippen LogP contribution is -2.60. The summed E-state index contributed by atoms with van der Waals surface area (Å²) in [5.74, 6) is -1.24. The van der Waals surface area contributed by atoms with Crippen molar-refractivity contribution in [1.82, 2.24) is 0 Å². The van der Waals surface area contributed by atoms with E-state index >= 15 is 0 Å². The van der Waals surface area contributed by atoms with E-state index in [2.05, 4.69) is 0 Å². The fraction of sp³-hybridized carbons (Fsp3) is 0.550. The molecule has 5 heteroatoms. The zero-order valence-electron chi connectivity index (χ0n) is 15.6. The highest BCUT2D eigenvalue weighted by Gasteiger charge is 2.49. The highest BCUT2D eigenvalue weighted by Crippen LogP contribution is 2.36. The lowest BCUT2D eigenvalue weighted by molar-refractivity contribution is -0.334. The Morgan fingerprint density at radius 1 is 1.36 bits per heavy atom. The molecule has 0 radical (unpaired) electrons. The predicted molar refractivity (Wildman–Crippen MR) is 95.2 cm³/mol. The first-order chi connectivity index (χ1) is 11.7. The zero-order valence-corrected chi connectivity index (χ0v) is 15.6. The number of benzene rings is 1. The molecule has 1 aliphatic heterocycles. The molecule has 3 unspecified atom stereocenters. The van der Waals surface area contributed by atoms with Crippen molar-refractivity contribution in [2.45, 2.75) is 52.1 Å². The van der Waals surface area contributed by atoms with Gasteiger partial charge in [-0.25, -0.2) is 4.79 Å². The highest BCUT2D eigenvalue weighted by atomic mass is 16.7. The molecule has 0 saturated carbocycles. The third kappa shape index (κ3) is 4.91. The molecule has 1 saturated heterocycles. The Labute approximate surface area is 149 Å². The molecule has 25 heavy (non-hydrogen) atoms. The summed E-state index contributed by atoms with van der Waals surface area (Å²) in [6.07, 6.45) is 1.55. The highest BCUT2D eigenvalue weighted by molar-refractivity contribution is 5.89. The first-order valence-electron chi connectivity index (χ1n) is 8.55. The van der Waals surface area contributed by atoms with Crippen LogP contribution in [0.4, 0.5) is 0 Å². The Morgan fingerprint density at radius 3 is 2.60 bits per heavy atom. The van der Waals surface area contributed by atoms with E-state index in [1.54, 1.807) is 24.3 Å². The van der Waals surface area contributed by atoms with Gasteiger partial charge in [-0.3, -0.25) is 0 Å². The van der Waals surface area contributed by atoms with Crippen molar-refractivity contribution >= 4 is 5.97 Å². The largest absolute Gasteiger partial charge is 0.450 e. The number of hydrogen-bond donors (Lipinski definition) is 1. The molecule has 1 aliphatic rings. The summed E-state index contributed by atoms with van der Waals surface area (Å²) < 4.78 is 17.7. The Bertz CT molecular complexity index is 622. The second-order valence-corrected chi connectivity index (χ2v) is 7.33. The summed E-state index contributed by atoms with van der Waals surface area (Å²) in [6, 6.07) is 8.87. The van der Waals surface area contributed by atoms with Gasteiger partial charge in [0.25, 0.3) is 0 Å². The summed E-state index contributed by atoms with van der Waals surface area (Å²) >= 11 is 0. The van der Waals surface area contributed by atoms with Crippen molar-refractivity contribution in [2.75, 3.05) is 13.2 Å². The first kappa shape index (κ1) is 19.6. The number of esters is 1. The average Bonchev–Trinajstić information content (AvgIpc) is 2.58. The van der Waals surface area contributed by atoms with Gasteiger partial charge in [0, 0.05) is 5.92 Å². The number of carbonyl (C=O) groups excluding carboxylic acids is 1. The third-order valence-corrected chi connectivity index (χ3v) is 4.33. The number of rotatable bonds is 5. The molecule has 0 bridgehead atoms. The molecule has 0 spiro atoms. The molecule has 1 heterocycles. The van der Waals surface area contributed by atoms with Crippen molar-refractivity contribution in [3.8, 4) is 0 Å². The van der Waals surface area contributed by atoms with Crippen LogP contribution in [0.15, 0.2) is 42.0 Å². The Hall–Kier alpha value is -1.69. The number of ether oxygens (including phenoxy) is 3. The van der Waals surface area contributed by atoms with Gasteiger partial charge in [-0.05, 0) is 39.8 Å². The lowest BCUT2D eigenvalue weighted by Gasteiger charge is -2.48. The van der Waals surface area contributed by atoms with Gasteiger partial charge >= 0.3 is 5.97 Å². The average molecular weight is 348 g/mol. The van der Waals surface area contributed by atoms with E-state index in [1.807, 2.05) is 46.8 Å². The molecule has 2 rings (SSSR count). The third-order valence-electron chi connectivity index (χ3n) is 4.33. The number of carbonyl (C=O) groups is 1. The maximum atomic E-state index is 12.5. The Morgan fingerprint density at radius 2 is 2.00 bits per heavy atom. The summed E-state index contributed by atoms with van der Waals surface area (Å²) in [5, 5.41) is 9.29. The van der Waals surface area contributed by atoms with Gasteiger partial charge in [0.15, 0.2) is 11.4 Å². The summed E-state index contributed by atoms with van der Waals surface area (Å²) in [4.78, 5) is 12.5. The van der Waals surface area contributed by atoms with Crippen LogP contribution in [0.25, 0.3) is 0 Å². The van der Waals surface area contributed by atoms with Crippen LogP contribution in [0.5, 0.6) is 0 Å². The normalized spacial score (nSPS) is 27.6. The van der Waals surface area contributed by atoms with Crippen LogP contribution in [0, 0.1) is 5.92 Å². The van der Waals surface area contributed by atoms with Crippen LogP contribution in [0.2, 0.25) is 0 Å². The quantitative estimate of drug-likeness (QED) is 0.653. The second-order valence-electron chi connectivity index (χ2n) is 7.33. The second kappa shape index (κ2) is 7.68. The van der Waals surface area contributed by atoms with Gasteiger partial charge in [-0.1, -0.05) is 36.8 Å². The monoisotopic (exact) mass is 348 g/mol. The summed E-state index contributed by atoms with van der Waals surface area (Å²) in [7, 11) is 0. The molecular formula is C20H28O5. The molecular weight excluding hydrogens is 320 g/mol. The number of aliphatic hydroxyl groups is 1. The minimum atomic E-state index is -0.936. The van der Waals surface area contributed by atoms with Gasteiger partial charge in [0.2, 0.25) is 0 Å². The van der Waals surface area contributed by atoms with Crippen LogP contribution in [-0.2, 0) is 14.2 Å². The van der Waals surface area contributed by atoms with E-state index in [4.69, 9.17) is 14.2 Å². The van der Waals surface area contributed by atoms with E-state index in [0.29, 0.717) is 5.56 Å². The minimum Gasteiger partial charge on any atom is -0.450 e. The smallest absolute Gasteiger partial charge is 0.338 e. The van der Waals surface area contributed by atoms with Crippen LogP contribution >= 0.6 is 0 Å². The van der Waals surface area contributed by atoms with Crippen LogP contribution in [0.1, 0.15) is 45.0 Å². The lowest BCUT2D eigenvalue weighted by atomic mass is 9.86. The molecule has 5 nitrogen and oxygen atoms in total. The Kier molecular flexibility index (Phi) is 6.03. The van der Waals surface area contributed by atoms with Gasteiger partial charge in [-0.2, -0.15) is 0 Å². The number of aliphatic hydroxyl groups excluding tert-OH is 1. The fourth-order valence-electron chi connectivity index (χ4n) is 3.05. The molecule has 0 aromatic heterocycles. The number of hydrogen-bond acceptors (Lipinski definition) is 5. The van der Waals surface area contributed by atoms with Gasteiger partial charge < -0.3 is 19.3 Å². The summed E-state index contributed by atoms with van der Waals surface area (Å²) in [5.41, 5.74) is 0.396. The molecule has 1 fully saturated rings. The zero-order chi connectivity index (χ0) is 18.7. The fourth-order valence-corrected chi connectivity index (χ4v) is 3.05. The van der Waals surface area contributed by atoms with Crippen molar-refractivity contribution in [1.29, 1.82) is 0 Å². The standard InChI is InChI=1S/C20H28O5/c1-14(12-21)11-15(2)17-20(5,13-23-19(3,4)24-17)25-18(22)16-9-7-6-8-10-16/h6-11,15,17,21H,12-13H2,1-5H3. The summed E-state index contributed by atoms with van der Waals surface area (Å²) in [6.45, 7) is 9.57. The van der Waals surface area contributed by atoms with E-state index in [1.165, 1.54) is 0 Å². The first-order valence-corrected chi connectivity index (χ1v) is 8.55. The van der Waals surface area contributed by atoms with Crippen LogP contribution < -0.4 is 0 Å². The molecule has 1 aromatic rings. The predicted octanol–water partition coefficient (Wildman–Crippen LogP) is 3.33. The molecule has 138 valence electrons. The molecule has 0 amide bonds. The van der Waals surface area contributed by atoms with E-state index in [9.17, 15) is 9.90 Å². The maximum absolute atomic E-state index is 12.5. The Balaban J connectivity index is 2.26. The maximum Gasteiger partial charge on any atom is 0.338 e. The van der Waals surface area contributed by atoms with Crippen molar-refractivity contribution in [3.63, 3.8) is 0 Å². The SMILES string of the molecule is CC(=CC(C)C1OC(C)(C)OCC1(C)OC(=O)c1ccccc1)CO. The van der Waals surface area contributed by atoms with E-state index < -0.39 is 23.5 Å². The molecule has 1 aromatic carbocycles. The van der Waals surface area contributed by atoms with Crippen LogP contribution in [-0.4, -0.2) is 41.8 Å². The van der Waals surface area contributed by atoms with Crippen molar-refractivity contribution in [2.24, 2.45) is 5.92 Å². The molecule has 3 atom stereocenters. The van der Waals surface area contributed by atoms with Gasteiger partial charge in [-0.15, -0.1) is 0 Å².